The fourth-order valence-electron chi connectivity index (χ4n) is 3.95. The summed E-state index contributed by atoms with van der Waals surface area (Å²) < 4.78 is 38.7. The predicted molar refractivity (Wildman–Crippen MR) is 103 cm³/mol. The van der Waals surface area contributed by atoms with Gasteiger partial charge in [-0.25, -0.2) is 0 Å². The highest BCUT2D eigenvalue weighted by Crippen LogP contribution is 2.30. The first-order chi connectivity index (χ1) is 13.7. The van der Waals surface area contributed by atoms with Crippen LogP contribution in [0.25, 0.3) is 0 Å². The molecule has 1 aromatic carbocycles. The molecule has 0 spiro atoms. The third-order valence-corrected chi connectivity index (χ3v) is 5.72. The van der Waals surface area contributed by atoms with E-state index in [1.165, 1.54) is 12.1 Å². The molecule has 0 radical (unpaired) electrons. The molecular formula is C21H28F3N3O2. The van der Waals surface area contributed by atoms with E-state index in [0.717, 1.165) is 38.1 Å². The number of alkyl halides is 3. The van der Waals surface area contributed by atoms with E-state index in [9.17, 15) is 22.8 Å². The normalized spacial score (nSPS) is 21.3. The summed E-state index contributed by atoms with van der Waals surface area (Å²) in [6, 6.07) is 4.40. The first kappa shape index (κ1) is 21.6. The molecule has 2 amide bonds. The number of amides is 2. The van der Waals surface area contributed by atoms with E-state index in [0.29, 0.717) is 32.1 Å². The van der Waals surface area contributed by atoms with Crippen molar-refractivity contribution in [3.05, 3.63) is 35.4 Å². The van der Waals surface area contributed by atoms with Crippen molar-refractivity contribution in [2.24, 2.45) is 5.92 Å². The van der Waals surface area contributed by atoms with Gasteiger partial charge >= 0.3 is 6.18 Å². The van der Waals surface area contributed by atoms with Crippen molar-refractivity contribution in [1.82, 2.24) is 14.7 Å². The number of piperazine rings is 1. The maximum atomic E-state index is 12.9. The number of benzene rings is 1. The molecule has 2 saturated heterocycles. The maximum absolute atomic E-state index is 12.9. The molecule has 1 atom stereocenters. The summed E-state index contributed by atoms with van der Waals surface area (Å²) in [5.41, 5.74) is -0.773. The Kier molecular flexibility index (Phi) is 6.51. The molecule has 0 aromatic heterocycles. The van der Waals surface area contributed by atoms with E-state index >= 15 is 0 Å². The maximum Gasteiger partial charge on any atom is 0.416 e. The van der Waals surface area contributed by atoms with Gasteiger partial charge in [-0.05, 0) is 37.0 Å². The highest BCUT2D eigenvalue weighted by atomic mass is 19.4. The van der Waals surface area contributed by atoms with Crippen molar-refractivity contribution in [3.63, 3.8) is 0 Å². The molecule has 0 saturated carbocycles. The topological polar surface area (TPSA) is 43.9 Å². The summed E-state index contributed by atoms with van der Waals surface area (Å²) in [6.45, 7) is 7.74. The van der Waals surface area contributed by atoms with E-state index in [1.54, 1.807) is 4.90 Å². The van der Waals surface area contributed by atoms with Gasteiger partial charge in [-0.15, -0.1) is 0 Å². The van der Waals surface area contributed by atoms with Crippen molar-refractivity contribution < 1.29 is 22.8 Å². The lowest BCUT2D eigenvalue weighted by atomic mass is 10.1. The number of hydrogen-bond donors (Lipinski definition) is 0. The summed E-state index contributed by atoms with van der Waals surface area (Å²) in [7, 11) is 0. The molecule has 2 fully saturated rings. The lowest BCUT2D eigenvalue weighted by molar-refractivity contribution is -0.137. The van der Waals surface area contributed by atoms with E-state index in [4.69, 9.17) is 0 Å². The van der Waals surface area contributed by atoms with E-state index < -0.39 is 17.6 Å². The van der Waals surface area contributed by atoms with Crippen molar-refractivity contribution in [2.45, 2.75) is 38.9 Å². The van der Waals surface area contributed by atoms with E-state index in [2.05, 4.69) is 18.7 Å². The molecule has 0 N–H and O–H groups in total. The summed E-state index contributed by atoms with van der Waals surface area (Å²) >= 11 is 0. The molecule has 3 rings (SSSR count). The van der Waals surface area contributed by atoms with Gasteiger partial charge in [0.25, 0.3) is 5.91 Å². The van der Waals surface area contributed by atoms with Gasteiger partial charge < -0.3 is 9.80 Å². The second-order valence-electron chi connectivity index (χ2n) is 8.22. The zero-order chi connectivity index (χ0) is 21.2. The van der Waals surface area contributed by atoms with Crippen molar-refractivity contribution in [1.29, 1.82) is 0 Å². The number of hydrogen-bond acceptors (Lipinski definition) is 3. The fourth-order valence-corrected chi connectivity index (χ4v) is 3.95. The molecule has 1 unspecified atom stereocenters. The third kappa shape index (κ3) is 5.10. The van der Waals surface area contributed by atoms with Gasteiger partial charge in [0.05, 0.1) is 11.6 Å². The van der Waals surface area contributed by atoms with Gasteiger partial charge in [-0.2, -0.15) is 13.2 Å². The minimum atomic E-state index is -4.47. The largest absolute Gasteiger partial charge is 0.416 e. The van der Waals surface area contributed by atoms with Crippen LogP contribution in [0.15, 0.2) is 24.3 Å². The minimum absolute atomic E-state index is 0.0464. The molecule has 160 valence electrons. The van der Waals surface area contributed by atoms with Crippen LogP contribution in [0.4, 0.5) is 13.2 Å². The highest BCUT2D eigenvalue weighted by Gasteiger charge is 2.37. The van der Waals surface area contributed by atoms with Gasteiger partial charge in [-0.1, -0.05) is 19.9 Å². The monoisotopic (exact) mass is 411 g/mol. The quantitative estimate of drug-likeness (QED) is 0.748. The lowest BCUT2D eigenvalue weighted by Crippen LogP contribution is -2.53. The second-order valence-corrected chi connectivity index (χ2v) is 8.22. The standard InChI is InChI=1S/C21H28F3N3O2/c1-15(2)6-8-26-9-7-18(20(26)29)25-10-12-27(13-11-25)19(28)16-4-3-5-17(14-16)21(22,23)24/h3-5,14-15,18H,6-13H2,1-2H3. The first-order valence-corrected chi connectivity index (χ1v) is 10.2. The van der Waals surface area contributed by atoms with Crippen LogP contribution in [0.2, 0.25) is 0 Å². The van der Waals surface area contributed by atoms with Crippen molar-refractivity contribution >= 4 is 11.8 Å². The van der Waals surface area contributed by atoms with Crippen LogP contribution in [-0.4, -0.2) is 71.8 Å². The van der Waals surface area contributed by atoms with Gasteiger partial charge in [0.1, 0.15) is 0 Å². The van der Waals surface area contributed by atoms with Crippen LogP contribution in [0.5, 0.6) is 0 Å². The molecule has 2 heterocycles. The van der Waals surface area contributed by atoms with Crippen LogP contribution in [0, 0.1) is 5.92 Å². The van der Waals surface area contributed by atoms with Crippen molar-refractivity contribution in [3.8, 4) is 0 Å². The Bertz CT molecular complexity index is 743. The SMILES string of the molecule is CC(C)CCN1CCC(N2CCN(C(=O)c3cccc(C(F)(F)F)c3)CC2)C1=O. The number of halogens is 3. The summed E-state index contributed by atoms with van der Waals surface area (Å²) in [5, 5.41) is 0. The predicted octanol–water partition coefficient (Wildman–Crippen LogP) is 3.11. The average molecular weight is 411 g/mol. The summed E-state index contributed by atoms with van der Waals surface area (Å²) in [4.78, 5) is 30.9. The number of nitrogens with zero attached hydrogens (tertiary/aromatic N) is 3. The Hall–Kier alpha value is -2.09. The zero-order valence-corrected chi connectivity index (χ0v) is 16.9. The van der Waals surface area contributed by atoms with Crippen LogP contribution in [0.1, 0.15) is 42.6 Å². The molecule has 8 heteroatoms. The number of carbonyl (C=O) groups is 2. The van der Waals surface area contributed by atoms with E-state index in [1.807, 2.05) is 4.90 Å². The third-order valence-electron chi connectivity index (χ3n) is 5.72. The zero-order valence-electron chi connectivity index (χ0n) is 16.9. The van der Waals surface area contributed by atoms with Crippen molar-refractivity contribution in [2.75, 3.05) is 39.3 Å². The Labute approximate surface area is 169 Å². The molecule has 0 bridgehead atoms. The molecule has 2 aliphatic rings. The number of carbonyl (C=O) groups excluding carboxylic acids is 2. The van der Waals surface area contributed by atoms with Gasteiger partial charge in [0.15, 0.2) is 0 Å². The molecule has 2 aliphatic heterocycles. The Morgan fingerprint density at radius 2 is 1.83 bits per heavy atom. The summed E-state index contributed by atoms with van der Waals surface area (Å²) in [6.07, 6.45) is -2.70. The smallest absolute Gasteiger partial charge is 0.341 e. The highest BCUT2D eigenvalue weighted by molar-refractivity contribution is 5.94. The van der Waals surface area contributed by atoms with Crippen LogP contribution in [-0.2, 0) is 11.0 Å². The van der Waals surface area contributed by atoms with Gasteiger partial charge in [0.2, 0.25) is 5.91 Å². The Morgan fingerprint density at radius 3 is 2.45 bits per heavy atom. The lowest BCUT2D eigenvalue weighted by Gasteiger charge is -2.37. The molecular weight excluding hydrogens is 383 g/mol. The van der Waals surface area contributed by atoms with Crippen LogP contribution >= 0.6 is 0 Å². The van der Waals surface area contributed by atoms with Crippen LogP contribution in [0.3, 0.4) is 0 Å². The molecule has 5 nitrogen and oxygen atoms in total. The average Bonchev–Trinajstić information content (AvgIpc) is 3.06. The molecule has 1 aromatic rings. The Balaban J connectivity index is 1.56. The Morgan fingerprint density at radius 1 is 1.14 bits per heavy atom. The molecule has 0 aliphatic carbocycles. The molecule has 29 heavy (non-hydrogen) atoms. The number of rotatable bonds is 5. The van der Waals surface area contributed by atoms with Gasteiger partial charge in [-0.3, -0.25) is 14.5 Å². The first-order valence-electron chi connectivity index (χ1n) is 10.2. The van der Waals surface area contributed by atoms with E-state index in [-0.39, 0.29) is 17.5 Å². The summed E-state index contributed by atoms with van der Waals surface area (Å²) in [5.74, 6) is 0.308. The number of likely N-dealkylation sites (tertiary alicyclic amines) is 1. The second kappa shape index (κ2) is 8.73. The minimum Gasteiger partial charge on any atom is -0.341 e. The van der Waals surface area contributed by atoms with Crippen LogP contribution < -0.4 is 0 Å². The van der Waals surface area contributed by atoms with Gasteiger partial charge in [0, 0.05) is 44.8 Å². The fraction of sp³-hybridized carbons (Fsp3) is 0.619.